The van der Waals surface area contributed by atoms with Crippen LogP contribution in [0.1, 0.15) is 24.2 Å². The van der Waals surface area contributed by atoms with Crippen LogP contribution in [0.5, 0.6) is 0 Å². The molecule has 2 aliphatic rings. The van der Waals surface area contributed by atoms with Gasteiger partial charge in [-0.15, -0.1) is 5.10 Å². The fourth-order valence-corrected chi connectivity index (χ4v) is 4.08. The zero-order chi connectivity index (χ0) is 21.5. The van der Waals surface area contributed by atoms with E-state index < -0.39 is 0 Å². The Bertz CT molecular complexity index is 856. The molecule has 0 aliphatic carbocycles. The van der Waals surface area contributed by atoms with E-state index in [2.05, 4.69) is 25.3 Å². The van der Waals surface area contributed by atoms with E-state index in [1.165, 1.54) is 6.07 Å². The molecule has 2 aromatic rings. The molecule has 0 bridgehead atoms. The van der Waals surface area contributed by atoms with E-state index in [9.17, 15) is 9.18 Å². The van der Waals surface area contributed by atoms with Gasteiger partial charge in [-0.3, -0.25) is 14.6 Å². The third-order valence-electron chi connectivity index (χ3n) is 5.91. The number of tetrazole rings is 1. The summed E-state index contributed by atoms with van der Waals surface area (Å²) in [6.45, 7) is 7.87. The highest BCUT2D eigenvalue weighted by molar-refractivity contribution is 5.76. The molecule has 31 heavy (non-hydrogen) atoms. The van der Waals surface area contributed by atoms with Crippen molar-refractivity contribution < 1.29 is 13.9 Å². The summed E-state index contributed by atoms with van der Waals surface area (Å²) in [5, 5.41) is 12.0. The van der Waals surface area contributed by atoms with Crippen LogP contribution in [0.15, 0.2) is 24.3 Å². The van der Waals surface area contributed by atoms with E-state index >= 15 is 0 Å². The molecular weight excluding hydrogens is 401 g/mol. The van der Waals surface area contributed by atoms with Crippen molar-refractivity contribution in [2.75, 3.05) is 52.5 Å². The predicted octanol–water partition coefficient (Wildman–Crippen LogP) is 0.769. The predicted molar refractivity (Wildman–Crippen MR) is 111 cm³/mol. The Kier molecular flexibility index (Phi) is 7.55. The normalized spacial score (nSPS) is 18.8. The highest BCUT2D eigenvalue weighted by Crippen LogP contribution is 2.13. The van der Waals surface area contributed by atoms with Gasteiger partial charge in [-0.05, 0) is 22.9 Å². The van der Waals surface area contributed by atoms with Crippen LogP contribution < -0.4 is 0 Å². The fourth-order valence-electron chi connectivity index (χ4n) is 4.08. The number of benzene rings is 1. The number of amides is 1. The summed E-state index contributed by atoms with van der Waals surface area (Å²) in [6.07, 6.45) is 1.25. The first-order chi connectivity index (χ1) is 15.2. The van der Waals surface area contributed by atoms with Gasteiger partial charge in [-0.2, -0.15) is 0 Å². The van der Waals surface area contributed by atoms with Gasteiger partial charge in [-0.25, -0.2) is 9.07 Å². The maximum absolute atomic E-state index is 13.9. The molecule has 1 aromatic carbocycles. The Balaban J connectivity index is 1.25. The second-order valence-corrected chi connectivity index (χ2v) is 8.06. The Morgan fingerprint density at radius 3 is 2.65 bits per heavy atom. The minimum absolute atomic E-state index is 0.112. The van der Waals surface area contributed by atoms with Gasteiger partial charge in [-0.1, -0.05) is 18.2 Å². The second-order valence-electron chi connectivity index (χ2n) is 8.06. The van der Waals surface area contributed by atoms with Crippen LogP contribution in [-0.2, 0) is 29.2 Å². The summed E-state index contributed by atoms with van der Waals surface area (Å²) in [5.41, 5.74) is 0.703. The largest absolute Gasteiger partial charge is 0.379 e. The van der Waals surface area contributed by atoms with Crippen molar-refractivity contribution in [3.8, 4) is 0 Å². The Morgan fingerprint density at radius 1 is 1.00 bits per heavy atom. The Labute approximate surface area is 181 Å². The summed E-state index contributed by atoms with van der Waals surface area (Å²) in [7, 11) is 0. The maximum atomic E-state index is 13.9. The van der Waals surface area contributed by atoms with Crippen LogP contribution >= 0.6 is 0 Å². The number of ether oxygens (including phenoxy) is 1. The van der Waals surface area contributed by atoms with Crippen molar-refractivity contribution in [1.82, 2.24) is 34.9 Å². The number of hydrogen-bond donors (Lipinski definition) is 0. The van der Waals surface area contributed by atoms with Crippen LogP contribution in [0.2, 0.25) is 0 Å². The van der Waals surface area contributed by atoms with Gasteiger partial charge < -0.3 is 9.64 Å². The lowest BCUT2D eigenvalue weighted by Gasteiger charge is -2.25. The first kappa shape index (κ1) is 21.8. The molecular formula is C21H30FN7O2. The SMILES string of the molecule is O=C(CCn1nnnc1CN1CCOCC1)N1CCCN(Cc2ccccc2F)CC1. The van der Waals surface area contributed by atoms with Gasteiger partial charge in [0.2, 0.25) is 5.91 Å². The summed E-state index contributed by atoms with van der Waals surface area (Å²) in [4.78, 5) is 19.2. The molecule has 1 aromatic heterocycles. The molecule has 2 fully saturated rings. The molecule has 4 rings (SSSR count). The Hall–Kier alpha value is -2.43. The molecule has 0 radical (unpaired) electrons. The zero-order valence-electron chi connectivity index (χ0n) is 17.8. The van der Waals surface area contributed by atoms with E-state index in [0.29, 0.717) is 38.2 Å². The molecule has 3 heterocycles. The van der Waals surface area contributed by atoms with Crippen molar-refractivity contribution in [2.24, 2.45) is 0 Å². The van der Waals surface area contributed by atoms with Crippen LogP contribution in [0.3, 0.4) is 0 Å². The lowest BCUT2D eigenvalue weighted by molar-refractivity contribution is -0.131. The summed E-state index contributed by atoms with van der Waals surface area (Å²) >= 11 is 0. The van der Waals surface area contributed by atoms with E-state index in [1.807, 2.05) is 17.0 Å². The molecule has 0 unspecified atom stereocenters. The van der Waals surface area contributed by atoms with Crippen molar-refractivity contribution in [3.63, 3.8) is 0 Å². The molecule has 0 saturated carbocycles. The number of halogens is 1. The standard InChI is InChI=1S/C21H30FN7O2/c22-19-5-2-1-4-18(19)16-26-7-3-8-28(11-10-26)21(30)6-9-29-20(23-24-25-29)17-27-12-14-31-15-13-27/h1-2,4-5H,3,6-17H2. The van der Waals surface area contributed by atoms with E-state index in [-0.39, 0.29) is 11.7 Å². The minimum atomic E-state index is -0.172. The first-order valence-electron chi connectivity index (χ1n) is 11.0. The molecule has 0 atom stereocenters. The van der Waals surface area contributed by atoms with Crippen molar-refractivity contribution in [2.45, 2.75) is 32.5 Å². The molecule has 0 spiro atoms. The summed E-state index contributed by atoms with van der Waals surface area (Å²) in [6, 6.07) is 6.89. The molecule has 2 aliphatic heterocycles. The average molecular weight is 432 g/mol. The third-order valence-corrected chi connectivity index (χ3v) is 5.91. The van der Waals surface area contributed by atoms with Gasteiger partial charge in [0.05, 0.1) is 26.3 Å². The van der Waals surface area contributed by atoms with Crippen LogP contribution in [0.25, 0.3) is 0 Å². The summed E-state index contributed by atoms with van der Waals surface area (Å²) in [5.74, 6) is 0.719. The first-order valence-corrected chi connectivity index (χ1v) is 11.0. The molecule has 0 N–H and O–H groups in total. The number of hydrogen-bond acceptors (Lipinski definition) is 7. The number of aromatic nitrogens is 4. The third kappa shape index (κ3) is 6.05. The zero-order valence-corrected chi connectivity index (χ0v) is 17.8. The molecule has 2 saturated heterocycles. The van der Waals surface area contributed by atoms with Gasteiger partial charge in [0.15, 0.2) is 5.82 Å². The number of morpholine rings is 1. The lowest BCUT2D eigenvalue weighted by Crippen LogP contribution is -2.37. The lowest BCUT2D eigenvalue weighted by atomic mass is 10.2. The van der Waals surface area contributed by atoms with Gasteiger partial charge >= 0.3 is 0 Å². The fraction of sp³-hybridized carbons (Fsp3) is 0.619. The van der Waals surface area contributed by atoms with Crippen LogP contribution in [-0.4, -0.2) is 93.3 Å². The highest BCUT2D eigenvalue weighted by Gasteiger charge is 2.21. The van der Waals surface area contributed by atoms with Crippen molar-refractivity contribution >= 4 is 5.91 Å². The maximum Gasteiger partial charge on any atom is 0.224 e. The summed E-state index contributed by atoms with van der Waals surface area (Å²) < 4.78 is 21.1. The monoisotopic (exact) mass is 431 g/mol. The number of carbonyl (C=O) groups is 1. The van der Waals surface area contributed by atoms with Gasteiger partial charge in [0, 0.05) is 57.8 Å². The van der Waals surface area contributed by atoms with Gasteiger partial charge in [0.25, 0.3) is 0 Å². The topological polar surface area (TPSA) is 79.6 Å². The van der Waals surface area contributed by atoms with Crippen molar-refractivity contribution in [3.05, 3.63) is 41.5 Å². The van der Waals surface area contributed by atoms with Crippen LogP contribution in [0.4, 0.5) is 4.39 Å². The molecule has 1 amide bonds. The van der Waals surface area contributed by atoms with Crippen LogP contribution in [0, 0.1) is 5.82 Å². The molecule has 9 nitrogen and oxygen atoms in total. The van der Waals surface area contributed by atoms with E-state index in [1.54, 1.807) is 10.7 Å². The quantitative estimate of drug-likeness (QED) is 0.641. The number of rotatable bonds is 7. The second kappa shape index (κ2) is 10.7. The van der Waals surface area contributed by atoms with Crippen molar-refractivity contribution in [1.29, 1.82) is 0 Å². The molecule has 10 heteroatoms. The number of carbonyl (C=O) groups excluding carboxylic acids is 1. The Morgan fingerprint density at radius 2 is 1.81 bits per heavy atom. The molecule has 168 valence electrons. The van der Waals surface area contributed by atoms with E-state index in [0.717, 1.165) is 58.2 Å². The highest BCUT2D eigenvalue weighted by atomic mass is 19.1. The number of nitrogens with zero attached hydrogens (tertiary/aromatic N) is 7. The average Bonchev–Trinajstić information content (AvgIpc) is 3.09. The number of aryl methyl sites for hydroxylation is 1. The van der Waals surface area contributed by atoms with E-state index in [4.69, 9.17) is 4.74 Å². The minimum Gasteiger partial charge on any atom is -0.379 e. The smallest absolute Gasteiger partial charge is 0.224 e. The van der Waals surface area contributed by atoms with Gasteiger partial charge in [0.1, 0.15) is 5.82 Å².